The van der Waals surface area contributed by atoms with Gasteiger partial charge in [0.15, 0.2) is 0 Å². The molecular weight excluding hydrogens is 474 g/mol. The highest BCUT2D eigenvalue weighted by molar-refractivity contribution is 8.08. The minimum Gasteiger partial charge on any atom is -0.469 e. The van der Waals surface area contributed by atoms with Gasteiger partial charge in [-0.1, -0.05) is 42.4 Å². The summed E-state index contributed by atoms with van der Waals surface area (Å²) >= 11 is 9.64. The number of carbonyl (C=O) groups is 1. The Morgan fingerprint density at radius 1 is 1.36 bits per heavy atom. The van der Waals surface area contributed by atoms with Gasteiger partial charge in [-0.15, -0.1) is 11.3 Å². The number of carbonyl (C=O) groups excluding carboxylic acids is 1. The summed E-state index contributed by atoms with van der Waals surface area (Å²) in [6, 6.07) is 11.9. The normalized spacial score (nSPS) is 18.0. The third kappa shape index (κ3) is 5.42. The van der Waals surface area contributed by atoms with Crippen molar-refractivity contribution in [1.82, 2.24) is 9.55 Å². The van der Waals surface area contributed by atoms with E-state index in [2.05, 4.69) is 18.0 Å². The largest absolute Gasteiger partial charge is 0.469 e. The first kappa shape index (κ1) is 23.8. The van der Waals surface area contributed by atoms with Gasteiger partial charge in [0.2, 0.25) is 0 Å². The van der Waals surface area contributed by atoms with E-state index >= 15 is 0 Å². The van der Waals surface area contributed by atoms with Crippen LogP contribution < -0.4 is 14.7 Å². The highest BCUT2D eigenvalue weighted by Gasteiger charge is 2.23. The fourth-order valence-electron chi connectivity index (χ4n) is 3.94. The maximum Gasteiger partial charge on any atom is 0.307 e. The van der Waals surface area contributed by atoms with E-state index in [1.165, 1.54) is 17.6 Å². The number of pyridine rings is 1. The Bertz CT molecular complexity index is 1330. The summed E-state index contributed by atoms with van der Waals surface area (Å²) in [6.45, 7) is 2.59. The molecule has 0 radical (unpaired) electrons. The van der Waals surface area contributed by atoms with E-state index in [1.807, 2.05) is 41.0 Å². The van der Waals surface area contributed by atoms with Crippen molar-refractivity contribution in [3.8, 4) is 0 Å². The molecule has 0 saturated carbocycles. The van der Waals surface area contributed by atoms with E-state index in [0.29, 0.717) is 18.0 Å². The standard InChI is InChI=1S/C25H26ClN3O2S2/c1-3-16-7-8-17-9-10-18(26)14-20(17)32-23(16)24-25(27)29(13-11-22(30)31-2)21(33-24)15-19-6-4-5-12-28-19/h4-6,9-10,12,14-16,27H,3,7-8,11,13H2,1-2H3. The molecule has 3 heterocycles. The van der Waals surface area contributed by atoms with Gasteiger partial charge >= 0.3 is 5.97 Å². The molecule has 0 amide bonds. The molecule has 33 heavy (non-hydrogen) atoms. The van der Waals surface area contributed by atoms with Crippen molar-refractivity contribution in [1.29, 1.82) is 5.41 Å². The summed E-state index contributed by atoms with van der Waals surface area (Å²) < 4.78 is 8.59. The number of fused-ring (bicyclic) bond motifs is 1. The first-order valence-corrected chi connectivity index (χ1v) is 13.0. The predicted molar refractivity (Wildman–Crippen MR) is 135 cm³/mol. The molecule has 0 bridgehead atoms. The van der Waals surface area contributed by atoms with Gasteiger partial charge in [-0.05, 0) is 61.1 Å². The van der Waals surface area contributed by atoms with Gasteiger partial charge in [-0.3, -0.25) is 15.2 Å². The van der Waals surface area contributed by atoms with E-state index in [4.69, 9.17) is 21.7 Å². The van der Waals surface area contributed by atoms with Crippen LogP contribution in [0, 0.1) is 11.3 Å². The molecule has 1 aromatic carbocycles. The fourth-order valence-corrected chi connectivity index (χ4v) is 6.95. The van der Waals surface area contributed by atoms with Gasteiger partial charge in [0, 0.05) is 27.6 Å². The number of methoxy groups -OCH3 is 1. The highest BCUT2D eigenvalue weighted by atomic mass is 35.5. The molecule has 172 valence electrons. The number of esters is 1. The monoisotopic (exact) mass is 499 g/mol. The number of ether oxygens (including phenoxy) is 1. The van der Waals surface area contributed by atoms with E-state index in [-0.39, 0.29) is 12.4 Å². The number of hydrogen-bond acceptors (Lipinski definition) is 6. The zero-order valence-corrected chi connectivity index (χ0v) is 21.0. The predicted octanol–water partition coefficient (Wildman–Crippen LogP) is 4.34. The molecule has 2 aromatic heterocycles. The number of aryl methyl sites for hydroxylation is 1. The van der Waals surface area contributed by atoms with Crippen molar-refractivity contribution >= 4 is 51.7 Å². The van der Waals surface area contributed by atoms with Crippen LogP contribution in [0.1, 0.15) is 37.4 Å². The molecule has 1 aliphatic heterocycles. The molecule has 8 heteroatoms. The number of nitrogens with zero attached hydrogens (tertiary/aromatic N) is 2. The molecule has 0 fully saturated rings. The molecular formula is C25H26ClN3O2S2. The molecule has 0 aliphatic carbocycles. The first-order chi connectivity index (χ1) is 16.0. The van der Waals surface area contributed by atoms with E-state index in [9.17, 15) is 4.79 Å². The minimum absolute atomic E-state index is 0.213. The number of nitrogens with one attached hydrogen (secondary N) is 1. The van der Waals surface area contributed by atoms with Gasteiger partial charge in [0.25, 0.3) is 0 Å². The molecule has 5 nitrogen and oxygen atoms in total. The lowest BCUT2D eigenvalue weighted by molar-refractivity contribution is -0.140. The molecule has 1 unspecified atom stereocenters. The summed E-state index contributed by atoms with van der Waals surface area (Å²) in [6.07, 6.45) is 6.98. The lowest BCUT2D eigenvalue weighted by Gasteiger charge is -2.14. The smallest absolute Gasteiger partial charge is 0.307 e. The minimum atomic E-state index is -0.287. The Balaban J connectivity index is 1.92. The van der Waals surface area contributed by atoms with Gasteiger partial charge < -0.3 is 9.30 Å². The summed E-state index contributed by atoms with van der Waals surface area (Å²) in [7, 11) is 1.39. The van der Waals surface area contributed by atoms with Crippen LogP contribution in [0.15, 0.2) is 47.5 Å². The number of halogens is 1. The van der Waals surface area contributed by atoms with E-state index < -0.39 is 0 Å². The van der Waals surface area contributed by atoms with Crippen LogP contribution in [-0.4, -0.2) is 22.6 Å². The first-order valence-electron chi connectivity index (χ1n) is 10.9. The number of thioether (sulfide) groups is 1. The highest BCUT2D eigenvalue weighted by Crippen LogP contribution is 2.42. The molecule has 0 spiro atoms. The maximum absolute atomic E-state index is 11.8. The number of aromatic nitrogens is 2. The van der Waals surface area contributed by atoms with Gasteiger partial charge in [0.05, 0.1) is 28.4 Å². The molecule has 1 atom stereocenters. The van der Waals surface area contributed by atoms with Crippen molar-refractivity contribution in [2.75, 3.05) is 7.11 Å². The second-order valence-electron chi connectivity index (χ2n) is 7.86. The summed E-state index contributed by atoms with van der Waals surface area (Å²) in [4.78, 5) is 18.6. The van der Waals surface area contributed by atoms with Crippen LogP contribution in [0.2, 0.25) is 5.02 Å². The number of thiazole rings is 1. The van der Waals surface area contributed by atoms with Crippen molar-refractivity contribution in [3.05, 3.63) is 73.6 Å². The van der Waals surface area contributed by atoms with Crippen LogP contribution >= 0.6 is 34.7 Å². The van der Waals surface area contributed by atoms with Crippen LogP contribution in [0.4, 0.5) is 0 Å². The maximum atomic E-state index is 11.8. The van der Waals surface area contributed by atoms with E-state index in [1.54, 1.807) is 29.3 Å². The Morgan fingerprint density at radius 2 is 2.21 bits per heavy atom. The quantitative estimate of drug-likeness (QED) is 0.530. The van der Waals surface area contributed by atoms with Crippen LogP contribution in [0.3, 0.4) is 0 Å². The van der Waals surface area contributed by atoms with Crippen LogP contribution in [0.25, 0.3) is 11.0 Å². The third-order valence-electron chi connectivity index (χ3n) is 5.78. The summed E-state index contributed by atoms with van der Waals surface area (Å²) in [5.74, 6) is 0.0746. The fraction of sp³-hybridized carbons (Fsp3) is 0.320. The van der Waals surface area contributed by atoms with Crippen molar-refractivity contribution in [2.24, 2.45) is 5.92 Å². The molecule has 1 aliphatic rings. The summed E-state index contributed by atoms with van der Waals surface area (Å²) in [5.41, 5.74) is 2.55. The summed E-state index contributed by atoms with van der Waals surface area (Å²) in [5, 5.41) is 9.78. The zero-order valence-electron chi connectivity index (χ0n) is 18.6. The lowest BCUT2D eigenvalue weighted by atomic mass is 9.97. The van der Waals surface area contributed by atoms with Gasteiger partial charge in [-0.25, -0.2) is 0 Å². The van der Waals surface area contributed by atoms with Crippen molar-refractivity contribution in [2.45, 2.75) is 44.0 Å². The van der Waals surface area contributed by atoms with Crippen LogP contribution in [-0.2, 0) is 22.5 Å². The van der Waals surface area contributed by atoms with Gasteiger partial charge in [-0.2, -0.15) is 0 Å². The topological polar surface area (TPSA) is 68.0 Å². The van der Waals surface area contributed by atoms with Crippen molar-refractivity contribution < 1.29 is 9.53 Å². The van der Waals surface area contributed by atoms with E-state index in [0.717, 1.165) is 44.1 Å². The average Bonchev–Trinajstić information content (AvgIpc) is 3.00. The Labute approximate surface area is 206 Å². The number of hydrogen-bond donors (Lipinski definition) is 1. The molecule has 3 aromatic rings. The second-order valence-corrected chi connectivity index (χ2v) is 10.4. The third-order valence-corrected chi connectivity index (χ3v) is 8.67. The lowest BCUT2D eigenvalue weighted by Crippen LogP contribution is -2.34. The Morgan fingerprint density at radius 3 is 2.94 bits per heavy atom. The van der Waals surface area contributed by atoms with Gasteiger partial charge in [0.1, 0.15) is 5.49 Å². The molecule has 1 N–H and O–H groups in total. The van der Waals surface area contributed by atoms with Crippen molar-refractivity contribution in [3.63, 3.8) is 0 Å². The number of benzene rings is 1. The Hall–Kier alpha value is -2.35. The van der Waals surface area contributed by atoms with Crippen LogP contribution in [0.5, 0.6) is 0 Å². The second kappa shape index (κ2) is 10.7. The molecule has 0 saturated heterocycles. The average molecular weight is 500 g/mol. The number of rotatable bonds is 5. The molecule has 4 rings (SSSR count). The SMILES string of the molecule is CCC1CCc2ccc(Cl)cc2SC1=c1sc(=Cc2ccccn2)n(CCC(=O)OC)c1=N. The zero-order chi connectivity index (χ0) is 23.4. The Kier molecular flexibility index (Phi) is 7.73.